The Morgan fingerprint density at radius 3 is 2.76 bits per heavy atom. The van der Waals surface area contributed by atoms with Gasteiger partial charge in [0.05, 0.1) is 17.6 Å². The Morgan fingerprint density at radius 2 is 2.14 bits per heavy atom. The molecule has 4 atom stereocenters. The highest BCUT2D eigenvalue weighted by Crippen LogP contribution is 2.34. The van der Waals surface area contributed by atoms with E-state index in [9.17, 15) is 10.2 Å². The molecular formula is C12H13N5O4. The molecule has 21 heavy (non-hydrogen) atoms. The summed E-state index contributed by atoms with van der Waals surface area (Å²) in [6.45, 7) is -0.434. The Kier molecular flexibility index (Phi) is 3.23. The van der Waals surface area contributed by atoms with Crippen LogP contribution in [0.25, 0.3) is 11.0 Å². The summed E-state index contributed by atoms with van der Waals surface area (Å²) in [5.41, 5.74) is 6.30. The number of ether oxygens (including phenoxy) is 1. The van der Waals surface area contributed by atoms with Gasteiger partial charge in [0.25, 0.3) is 0 Å². The van der Waals surface area contributed by atoms with Crippen molar-refractivity contribution in [1.29, 1.82) is 5.26 Å². The first-order valence-electron chi connectivity index (χ1n) is 6.22. The van der Waals surface area contributed by atoms with Crippen molar-refractivity contribution in [2.45, 2.75) is 24.5 Å². The molecule has 9 heteroatoms. The van der Waals surface area contributed by atoms with Gasteiger partial charge >= 0.3 is 0 Å². The van der Waals surface area contributed by atoms with Gasteiger partial charge in [0.1, 0.15) is 42.2 Å². The average molecular weight is 291 g/mol. The van der Waals surface area contributed by atoms with Gasteiger partial charge in [-0.05, 0) is 0 Å². The molecule has 1 saturated heterocycles. The molecule has 3 rings (SSSR count). The molecule has 2 aromatic rings. The highest BCUT2D eigenvalue weighted by atomic mass is 16.6. The zero-order chi connectivity index (χ0) is 15.1. The first-order chi connectivity index (χ1) is 10.1. The number of nitrogens with zero attached hydrogens (tertiary/aromatic N) is 4. The minimum Gasteiger partial charge on any atom is -0.394 e. The lowest BCUT2D eigenvalue weighted by molar-refractivity contribution is -0.0508. The molecule has 1 aliphatic heterocycles. The van der Waals surface area contributed by atoms with Gasteiger partial charge in [0, 0.05) is 6.20 Å². The van der Waals surface area contributed by atoms with Crippen LogP contribution in [0.1, 0.15) is 11.8 Å². The third-order valence-electron chi connectivity index (χ3n) is 3.55. The second-order valence-electron chi connectivity index (χ2n) is 4.75. The van der Waals surface area contributed by atoms with Crippen LogP contribution in [0.15, 0.2) is 12.5 Å². The third kappa shape index (κ3) is 1.93. The molecule has 1 fully saturated rings. The molecule has 1 aliphatic rings. The van der Waals surface area contributed by atoms with E-state index in [1.807, 2.05) is 6.07 Å². The van der Waals surface area contributed by atoms with E-state index in [0.717, 1.165) is 0 Å². The first-order valence-corrected chi connectivity index (χ1v) is 6.22. The fourth-order valence-electron chi connectivity index (χ4n) is 2.50. The molecule has 0 amide bonds. The zero-order valence-corrected chi connectivity index (χ0v) is 10.8. The van der Waals surface area contributed by atoms with E-state index in [-0.39, 0.29) is 11.4 Å². The van der Waals surface area contributed by atoms with Crippen molar-refractivity contribution < 1.29 is 20.1 Å². The molecule has 5 N–H and O–H groups in total. The maximum absolute atomic E-state index is 10.1. The number of aliphatic hydroxyl groups excluding tert-OH is 3. The zero-order valence-electron chi connectivity index (χ0n) is 10.8. The van der Waals surface area contributed by atoms with E-state index in [4.69, 9.17) is 20.8 Å². The molecule has 0 aliphatic carbocycles. The fraction of sp³-hybridized carbons (Fsp3) is 0.417. The SMILES string of the molecule is N#Cc1cn([C@H]2O[C@H](CO)[C@@H](O)[C@H]2O)c2ncnc(N)c12. The summed E-state index contributed by atoms with van der Waals surface area (Å²) in [6.07, 6.45) is -1.72. The number of nitrogen functional groups attached to an aromatic ring is 1. The minimum atomic E-state index is -1.26. The fourth-order valence-corrected chi connectivity index (χ4v) is 2.50. The van der Waals surface area contributed by atoms with E-state index in [1.165, 1.54) is 17.1 Å². The molecule has 0 bridgehead atoms. The van der Waals surface area contributed by atoms with Crippen LogP contribution in [-0.2, 0) is 4.74 Å². The molecule has 0 radical (unpaired) electrons. The van der Waals surface area contributed by atoms with Crippen molar-refractivity contribution in [3.05, 3.63) is 18.1 Å². The number of fused-ring (bicyclic) bond motifs is 1. The van der Waals surface area contributed by atoms with Gasteiger partial charge in [-0.25, -0.2) is 9.97 Å². The largest absolute Gasteiger partial charge is 0.394 e. The van der Waals surface area contributed by atoms with E-state index in [2.05, 4.69) is 9.97 Å². The van der Waals surface area contributed by atoms with Crippen LogP contribution < -0.4 is 5.73 Å². The van der Waals surface area contributed by atoms with Crippen LogP contribution in [0.3, 0.4) is 0 Å². The lowest BCUT2D eigenvalue weighted by atomic mass is 10.1. The van der Waals surface area contributed by atoms with Gasteiger partial charge in [0.2, 0.25) is 0 Å². The summed E-state index contributed by atoms with van der Waals surface area (Å²) < 4.78 is 6.84. The molecule has 110 valence electrons. The second kappa shape index (κ2) is 4.94. The topological polar surface area (TPSA) is 150 Å². The monoisotopic (exact) mass is 291 g/mol. The van der Waals surface area contributed by atoms with Gasteiger partial charge in [-0.1, -0.05) is 0 Å². The Hall–Kier alpha value is -2.25. The lowest BCUT2D eigenvalue weighted by Gasteiger charge is -2.17. The molecule has 0 spiro atoms. The van der Waals surface area contributed by atoms with Crippen LogP contribution >= 0.6 is 0 Å². The Balaban J connectivity index is 2.14. The number of rotatable bonds is 2. The number of anilines is 1. The van der Waals surface area contributed by atoms with Crippen molar-refractivity contribution in [3.63, 3.8) is 0 Å². The summed E-state index contributed by atoms with van der Waals surface area (Å²) in [5.74, 6) is 0.141. The second-order valence-corrected chi connectivity index (χ2v) is 4.75. The van der Waals surface area contributed by atoms with Gasteiger partial charge in [-0.3, -0.25) is 0 Å². The van der Waals surface area contributed by atoms with Gasteiger partial charge < -0.3 is 30.4 Å². The number of aliphatic hydroxyl groups is 3. The quantitative estimate of drug-likeness (QED) is 0.521. The van der Waals surface area contributed by atoms with Crippen LogP contribution in [0.5, 0.6) is 0 Å². The molecule has 9 nitrogen and oxygen atoms in total. The molecule has 0 saturated carbocycles. The Morgan fingerprint density at radius 1 is 1.38 bits per heavy atom. The minimum absolute atomic E-state index is 0.141. The number of hydrogen-bond donors (Lipinski definition) is 4. The lowest BCUT2D eigenvalue weighted by Crippen LogP contribution is -2.33. The molecular weight excluding hydrogens is 278 g/mol. The van der Waals surface area contributed by atoms with Gasteiger partial charge in [-0.2, -0.15) is 5.26 Å². The molecule has 0 aromatic carbocycles. The molecule has 0 unspecified atom stereocenters. The smallest absolute Gasteiger partial charge is 0.164 e. The predicted molar refractivity (Wildman–Crippen MR) is 69.7 cm³/mol. The van der Waals surface area contributed by atoms with Crippen LogP contribution in [0.2, 0.25) is 0 Å². The van der Waals surface area contributed by atoms with E-state index < -0.39 is 31.1 Å². The first kappa shape index (κ1) is 13.7. The molecule has 3 heterocycles. The summed E-state index contributed by atoms with van der Waals surface area (Å²) in [5, 5.41) is 38.5. The average Bonchev–Trinajstić information content (AvgIpc) is 2.99. The highest BCUT2D eigenvalue weighted by Gasteiger charge is 2.44. The summed E-state index contributed by atoms with van der Waals surface area (Å²) >= 11 is 0. The van der Waals surface area contributed by atoms with Crippen molar-refractivity contribution in [2.75, 3.05) is 12.3 Å². The number of nitrogens with two attached hydrogens (primary N) is 1. The van der Waals surface area contributed by atoms with Crippen molar-refractivity contribution in [3.8, 4) is 6.07 Å². The normalized spacial score (nSPS) is 28.9. The predicted octanol–water partition coefficient (Wildman–Crippen LogP) is -1.50. The number of aromatic nitrogens is 3. The van der Waals surface area contributed by atoms with Crippen LogP contribution in [0, 0.1) is 11.3 Å². The summed E-state index contributed by atoms with van der Waals surface area (Å²) in [6, 6.07) is 1.98. The van der Waals surface area contributed by atoms with Crippen LogP contribution in [0.4, 0.5) is 5.82 Å². The highest BCUT2D eigenvalue weighted by molar-refractivity contribution is 5.91. The number of nitriles is 1. The van der Waals surface area contributed by atoms with E-state index >= 15 is 0 Å². The van der Waals surface area contributed by atoms with Crippen molar-refractivity contribution in [1.82, 2.24) is 14.5 Å². The Bertz CT molecular complexity index is 724. The number of hydrogen-bond acceptors (Lipinski definition) is 8. The van der Waals surface area contributed by atoms with Gasteiger partial charge in [-0.15, -0.1) is 0 Å². The van der Waals surface area contributed by atoms with E-state index in [1.54, 1.807) is 0 Å². The summed E-state index contributed by atoms with van der Waals surface area (Å²) in [7, 11) is 0. The maximum Gasteiger partial charge on any atom is 0.164 e. The van der Waals surface area contributed by atoms with Crippen LogP contribution in [-0.4, -0.2) is 54.8 Å². The maximum atomic E-state index is 10.1. The van der Waals surface area contributed by atoms with Crippen molar-refractivity contribution in [2.24, 2.45) is 0 Å². The Labute approximate surface area is 118 Å². The molecule has 2 aromatic heterocycles. The van der Waals surface area contributed by atoms with Crippen molar-refractivity contribution >= 4 is 16.9 Å². The third-order valence-corrected chi connectivity index (χ3v) is 3.55. The standard InChI is InChI=1S/C12H13N5O4/c13-1-5-2-17(11-7(5)10(14)15-4-16-11)12-9(20)8(19)6(3-18)21-12/h2,4,6,8-9,12,18-20H,3H2,(H2,14,15,16)/t6-,8-,9-,12+/m1/s1. The van der Waals surface area contributed by atoms with Gasteiger partial charge in [0.15, 0.2) is 6.23 Å². The summed E-state index contributed by atoms with van der Waals surface area (Å²) in [4.78, 5) is 7.88. The van der Waals surface area contributed by atoms with E-state index in [0.29, 0.717) is 11.0 Å².